The molecule has 0 saturated carbocycles. The van der Waals surface area contributed by atoms with E-state index in [1.54, 1.807) is 11.8 Å². The van der Waals surface area contributed by atoms with Crippen LogP contribution in [0.3, 0.4) is 0 Å². The van der Waals surface area contributed by atoms with Gasteiger partial charge in [0, 0.05) is 15.4 Å². The van der Waals surface area contributed by atoms with E-state index in [4.69, 9.17) is 17.4 Å². The summed E-state index contributed by atoms with van der Waals surface area (Å²) in [5.41, 5.74) is 5.26. The number of hydrogen-bond acceptors (Lipinski definition) is 6. The number of carbonyl (C=O) groups excluding carboxylic acids is 1. The van der Waals surface area contributed by atoms with Gasteiger partial charge in [-0.1, -0.05) is 146 Å². The number of carbonyl (C=O) groups is 1. The fraction of sp³-hybridized carbons (Fsp3) is 0.537. The van der Waals surface area contributed by atoms with Crippen LogP contribution >= 0.6 is 24.4 Å². The molecule has 1 atom stereocenters. The summed E-state index contributed by atoms with van der Waals surface area (Å²) in [5.74, 6) is -0.0453. The summed E-state index contributed by atoms with van der Waals surface area (Å²) >= 11 is 6.89. The maximum atomic E-state index is 14.0. The highest BCUT2D eigenvalue weighted by Crippen LogP contribution is 2.50. The van der Waals surface area contributed by atoms with Crippen molar-refractivity contribution in [3.05, 3.63) is 76.9 Å². The number of phenols is 1. The van der Waals surface area contributed by atoms with Gasteiger partial charge in [0.25, 0.3) is 0 Å². The van der Waals surface area contributed by atoms with Gasteiger partial charge in [0.1, 0.15) is 17.1 Å². The number of aryl methyl sites for hydroxylation is 2. The van der Waals surface area contributed by atoms with Crippen LogP contribution in [0.2, 0.25) is 0 Å². The molecular weight excluding hydrogens is 619 g/mol. The zero-order chi connectivity index (χ0) is 33.5. The molecule has 0 fully saturated rings. The minimum atomic E-state index is -1.10. The van der Waals surface area contributed by atoms with Crippen molar-refractivity contribution in [3.8, 4) is 5.75 Å². The lowest BCUT2D eigenvalue weighted by molar-refractivity contribution is -0.148. The largest absolute Gasteiger partial charge is 0.507 e. The van der Waals surface area contributed by atoms with E-state index < -0.39 is 4.75 Å². The lowest BCUT2D eigenvalue weighted by Gasteiger charge is -2.32. The second-order valence-electron chi connectivity index (χ2n) is 13.5. The van der Waals surface area contributed by atoms with Crippen LogP contribution in [0.1, 0.15) is 138 Å². The highest BCUT2D eigenvalue weighted by molar-refractivity contribution is 7.99. The van der Waals surface area contributed by atoms with Gasteiger partial charge >= 0.3 is 5.97 Å². The molecule has 0 aromatic heterocycles. The molecule has 1 aliphatic heterocycles. The van der Waals surface area contributed by atoms with Crippen molar-refractivity contribution in [2.45, 2.75) is 151 Å². The van der Waals surface area contributed by atoms with Gasteiger partial charge in [-0.25, -0.2) is 0 Å². The number of anilines is 2. The molecule has 4 nitrogen and oxygen atoms in total. The molecule has 0 bridgehead atoms. The van der Waals surface area contributed by atoms with Crippen molar-refractivity contribution in [1.82, 2.24) is 0 Å². The SMILES string of the molecule is CCCCCCCCCCCCCCCCCCC(S)(C(=O)OCc1cc(C)c(O)c(C)c1)c1cccc2c1Nc1ccccc1S2. The number of hydrogen-bond donors (Lipinski definition) is 3. The third kappa shape index (κ3) is 11.0. The quantitative estimate of drug-likeness (QED) is 0.0466. The first-order chi connectivity index (χ1) is 22.8. The smallest absolute Gasteiger partial charge is 0.326 e. The third-order valence-corrected chi connectivity index (χ3v) is 11.3. The summed E-state index contributed by atoms with van der Waals surface area (Å²) in [5, 5.41) is 13.8. The van der Waals surface area contributed by atoms with Crippen molar-refractivity contribution in [2.24, 2.45) is 0 Å². The number of thiol groups is 1. The van der Waals surface area contributed by atoms with E-state index >= 15 is 0 Å². The van der Waals surface area contributed by atoms with Gasteiger partial charge < -0.3 is 15.2 Å². The number of esters is 1. The molecule has 1 unspecified atom stereocenters. The molecule has 0 aliphatic carbocycles. The summed E-state index contributed by atoms with van der Waals surface area (Å²) in [6.07, 6.45) is 21.5. The number of ether oxygens (including phenoxy) is 1. The number of nitrogens with one attached hydrogen (secondary N) is 1. The van der Waals surface area contributed by atoms with Crippen LogP contribution in [0.25, 0.3) is 0 Å². The minimum absolute atomic E-state index is 0.141. The molecule has 3 aromatic carbocycles. The van der Waals surface area contributed by atoms with Crippen LogP contribution in [0, 0.1) is 13.8 Å². The number of phenolic OH excluding ortho intramolecular Hbond substituents is 1. The fourth-order valence-corrected chi connectivity index (χ4v) is 8.11. The zero-order valence-electron chi connectivity index (χ0n) is 29.0. The normalized spacial score (nSPS) is 13.4. The maximum absolute atomic E-state index is 14.0. The van der Waals surface area contributed by atoms with Crippen molar-refractivity contribution < 1.29 is 14.6 Å². The van der Waals surface area contributed by atoms with E-state index in [-0.39, 0.29) is 18.3 Å². The summed E-state index contributed by atoms with van der Waals surface area (Å²) in [4.78, 5) is 16.3. The predicted octanol–water partition coefficient (Wildman–Crippen LogP) is 12.7. The molecule has 0 radical (unpaired) electrons. The lowest BCUT2D eigenvalue weighted by Crippen LogP contribution is -2.33. The molecular formula is C41H57NO3S2. The first-order valence-electron chi connectivity index (χ1n) is 18.2. The van der Waals surface area contributed by atoms with Gasteiger partial charge in [-0.15, -0.1) is 0 Å². The Morgan fingerprint density at radius 2 is 1.30 bits per heavy atom. The van der Waals surface area contributed by atoms with E-state index in [0.717, 1.165) is 51.4 Å². The standard InChI is InChI=1S/C41H57NO3S2/c1-4-5-6-7-8-9-10-11-12-13-14-15-16-17-18-21-27-41(46,40(44)45-30-33-28-31(2)39(43)32(3)29-33)34-23-22-26-37-38(34)42-35-24-19-20-25-36(35)47-37/h19-20,22-26,28-29,42-43,46H,4-18,21,27,30H2,1-3H3. The predicted molar refractivity (Wildman–Crippen MR) is 202 cm³/mol. The van der Waals surface area contributed by atoms with Gasteiger partial charge in [0.05, 0.1) is 11.4 Å². The molecule has 4 rings (SSSR count). The van der Waals surface area contributed by atoms with Crippen LogP contribution in [-0.2, 0) is 20.9 Å². The van der Waals surface area contributed by atoms with Crippen LogP contribution in [0.5, 0.6) is 5.75 Å². The van der Waals surface area contributed by atoms with E-state index in [1.807, 2.05) is 50.2 Å². The fourth-order valence-electron chi connectivity index (χ4n) is 6.67. The van der Waals surface area contributed by atoms with Crippen LogP contribution in [0.15, 0.2) is 64.4 Å². The Labute approximate surface area is 294 Å². The molecule has 0 spiro atoms. The minimum Gasteiger partial charge on any atom is -0.507 e. The number of unbranched alkanes of at least 4 members (excludes halogenated alkanes) is 15. The zero-order valence-corrected chi connectivity index (χ0v) is 30.8. The van der Waals surface area contributed by atoms with E-state index in [2.05, 4.69) is 30.4 Å². The monoisotopic (exact) mass is 675 g/mol. The van der Waals surface area contributed by atoms with Gasteiger partial charge in [-0.3, -0.25) is 4.79 Å². The molecule has 0 saturated heterocycles. The van der Waals surface area contributed by atoms with Gasteiger partial charge in [-0.2, -0.15) is 12.6 Å². The van der Waals surface area contributed by atoms with Crippen LogP contribution in [0.4, 0.5) is 11.4 Å². The number of benzene rings is 3. The Morgan fingerprint density at radius 3 is 1.89 bits per heavy atom. The van der Waals surface area contributed by atoms with Gasteiger partial charge in [-0.05, 0) is 67.3 Å². The van der Waals surface area contributed by atoms with Crippen molar-refractivity contribution >= 4 is 41.7 Å². The van der Waals surface area contributed by atoms with Crippen LogP contribution in [-0.4, -0.2) is 11.1 Å². The Balaban J connectivity index is 1.30. The maximum Gasteiger partial charge on any atom is 0.326 e. The summed E-state index contributed by atoms with van der Waals surface area (Å²) in [6.45, 7) is 6.15. The molecule has 1 heterocycles. The highest BCUT2D eigenvalue weighted by Gasteiger charge is 2.41. The van der Waals surface area contributed by atoms with Gasteiger partial charge in [0.2, 0.25) is 0 Å². The average molecular weight is 676 g/mol. The summed E-state index contributed by atoms with van der Waals surface area (Å²) in [7, 11) is 0. The number of rotatable bonds is 21. The molecule has 1 aliphatic rings. The number of para-hydroxylation sites is 2. The Bertz CT molecular complexity index is 1400. The highest BCUT2D eigenvalue weighted by atomic mass is 32.2. The third-order valence-electron chi connectivity index (χ3n) is 9.49. The second kappa shape index (κ2) is 19.4. The lowest BCUT2D eigenvalue weighted by atomic mass is 9.90. The molecule has 0 amide bonds. The Morgan fingerprint density at radius 1 is 0.766 bits per heavy atom. The molecule has 3 aromatic rings. The van der Waals surface area contributed by atoms with Crippen molar-refractivity contribution in [1.29, 1.82) is 0 Å². The average Bonchev–Trinajstić information content (AvgIpc) is 3.07. The second-order valence-corrected chi connectivity index (χ2v) is 15.3. The first-order valence-corrected chi connectivity index (χ1v) is 19.5. The van der Waals surface area contributed by atoms with Crippen molar-refractivity contribution in [3.63, 3.8) is 0 Å². The molecule has 47 heavy (non-hydrogen) atoms. The molecule has 6 heteroatoms. The Kier molecular flexibility index (Phi) is 15.4. The topological polar surface area (TPSA) is 58.6 Å². The summed E-state index contributed by atoms with van der Waals surface area (Å²) in [6, 6.07) is 18.2. The number of aromatic hydroxyl groups is 1. The van der Waals surface area contributed by atoms with E-state index in [9.17, 15) is 9.90 Å². The van der Waals surface area contributed by atoms with E-state index in [0.29, 0.717) is 6.42 Å². The van der Waals surface area contributed by atoms with Crippen molar-refractivity contribution in [2.75, 3.05) is 5.32 Å². The first kappa shape index (κ1) is 37.3. The summed E-state index contributed by atoms with van der Waals surface area (Å²) < 4.78 is 4.91. The molecule has 2 N–H and O–H groups in total. The number of fused-ring (bicyclic) bond motifs is 2. The van der Waals surface area contributed by atoms with E-state index in [1.165, 1.54) is 94.8 Å². The Hall–Kier alpha value is -2.57. The molecule has 256 valence electrons. The van der Waals surface area contributed by atoms with Crippen LogP contribution < -0.4 is 5.32 Å². The van der Waals surface area contributed by atoms with Gasteiger partial charge in [0.15, 0.2) is 0 Å².